The zero-order valence-electron chi connectivity index (χ0n) is 10.4. The number of carbonyl (C=O) groups excluding carboxylic acids is 1. The highest BCUT2D eigenvalue weighted by Gasteiger charge is 2.24. The maximum Gasteiger partial charge on any atom is 0.230 e. The zero-order chi connectivity index (χ0) is 12.7. The van der Waals surface area contributed by atoms with E-state index in [0.717, 1.165) is 0 Å². The summed E-state index contributed by atoms with van der Waals surface area (Å²) < 4.78 is 5.31. The highest BCUT2D eigenvalue weighted by atomic mass is 32.1. The quantitative estimate of drug-likeness (QED) is 0.660. The van der Waals surface area contributed by atoms with E-state index in [9.17, 15) is 4.79 Å². The Balaban J connectivity index is 4.17. The van der Waals surface area contributed by atoms with Crippen molar-refractivity contribution in [1.29, 1.82) is 0 Å². The minimum atomic E-state index is -0.399. The molecule has 0 saturated carbocycles. The average molecular weight is 246 g/mol. The molecular formula is C11H22N2O2S. The summed E-state index contributed by atoms with van der Waals surface area (Å²) in [6.45, 7) is 8.81. The molecule has 3 N–H and O–H groups in total. The SMILES string of the molecule is CCOC(C)CNC(=O)C(C(N)=S)C(C)C. The molecule has 16 heavy (non-hydrogen) atoms. The lowest BCUT2D eigenvalue weighted by Gasteiger charge is -2.20. The van der Waals surface area contributed by atoms with Crippen molar-refractivity contribution >= 4 is 23.1 Å². The van der Waals surface area contributed by atoms with Gasteiger partial charge in [0.15, 0.2) is 0 Å². The van der Waals surface area contributed by atoms with Crippen LogP contribution in [0.5, 0.6) is 0 Å². The number of hydrogen-bond donors (Lipinski definition) is 2. The van der Waals surface area contributed by atoms with Gasteiger partial charge in [-0.2, -0.15) is 0 Å². The van der Waals surface area contributed by atoms with E-state index in [-0.39, 0.29) is 22.9 Å². The Morgan fingerprint density at radius 2 is 2.00 bits per heavy atom. The molecule has 2 atom stereocenters. The predicted molar refractivity (Wildman–Crippen MR) is 69.2 cm³/mol. The molecule has 1 amide bonds. The second-order valence-electron chi connectivity index (χ2n) is 4.14. The van der Waals surface area contributed by atoms with Crippen LogP contribution >= 0.6 is 12.2 Å². The van der Waals surface area contributed by atoms with Crippen LogP contribution in [-0.4, -0.2) is 30.2 Å². The van der Waals surface area contributed by atoms with Gasteiger partial charge in [0, 0.05) is 13.2 Å². The van der Waals surface area contributed by atoms with Crippen molar-refractivity contribution in [3.05, 3.63) is 0 Å². The van der Waals surface area contributed by atoms with Gasteiger partial charge in [0.1, 0.15) is 0 Å². The summed E-state index contributed by atoms with van der Waals surface area (Å²) in [5.41, 5.74) is 5.54. The Morgan fingerprint density at radius 3 is 2.38 bits per heavy atom. The summed E-state index contributed by atoms with van der Waals surface area (Å²) in [4.78, 5) is 12.0. The molecule has 0 fully saturated rings. The summed E-state index contributed by atoms with van der Waals surface area (Å²) in [5.74, 6) is -0.405. The topological polar surface area (TPSA) is 64.3 Å². The number of nitrogens with one attached hydrogen (secondary N) is 1. The monoisotopic (exact) mass is 246 g/mol. The second-order valence-corrected chi connectivity index (χ2v) is 4.61. The fourth-order valence-corrected chi connectivity index (χ4v) is 1.84. The number of nitrogens with two attached hydrogens (primary N) is 1. The van der Waals surface area contributed by atoms with E-state index in [0.29, 0.717) is 13.2 Å². The highest BCUT2D eigenvalue weighted by Crippen LogP contribution is 2.11. The molecule has 4 nitrogen and oxygen atoms in total. The lowest BCUT2D eigenvalue weighted by molar-refractivity contribution is -0.124. The van der Waals surface area contributed by atoms with Crippen LogP contribution in [0.4, 0.5) is 0 Å². The summed E-state index contributed by atoms with van der Waals surface area (Å²) in [6.07, 6.45) is 0.00751. The third kappa shape index (κ3) is 5.42. The van der Waals surface area contributed by atoms with Crippen molar-refractivity contribution in [2.24, 2.45) is 17.6 Å². The summed E-state index contributed by atoms with van der Waals surface area (Å²) in [7, 11) is 0. The van der Waals surface area contributed by atoms with Crippen LogP contribution in [0.3, 0.4) is 0 Å². The summed E-state index contributed by atoms with van der Waals surface area (Å²) >= 11 is 4.89. The average Bonchev–Trinajstić information content (AvgIpc) is 2.14. The van der Waals surface area contributed by atoms with Crippen molar-refractivity contribution in [2.45, 2.75) is 33.8 Å². The van der Waals surface area contributed by atoms with E-state index in [2.05, 4.69) is 5.32 Å². The first-order chi connectivity index (χ1) is 7.40. The fourth-order valence-electron chi connectivity index (χ4n) is 1.46. The number of amides is 1. The Morgan fingerprint density at radius 1 is 1.44 bits per heavy atom. The normalized spacial score (nSPS) is 14.6. The molecule has 2 unspecified atom stereocenters. The number of rotatable bonds is 7. The van der Waals surface area contributed by atoms with Crippen LogP contribution in [0.15, 0.2) is 0 Å². The molecule has 0 rings (SSSR count). The number of hydrogen-bond acceptors (Lipinski definition) is 3. The molecule has 0 aliphatic carbocycles. The number of ether oxygens (including phenoxy) is 1. The van der Waals surface area contributed by atoms with E-state index < -0.39 is 5.92 Å². The van der Waals surface area contributed by atoms with Gasteiger partial charge in [-0.25, -0.2) is 0 Å². The minimum absolute atomic E-state index is 0.00751. The molecule has 0 aromatic heterocycles. The van der Waals surface area contributed by atoms with Gasteiger partial charge < -0.3 is 15.8 Å². The second kappa shape index (κ2) is 7.57. The number of thiocarbonyl (C=S) groups is 1. The van der Waals surface area contributed by atoms with Gasteiger partial charge in [-0.05, 0) is 19.8 Å². The maximum atomic E-state index is 11.8. The Hall–Kier alpha value is -0.680. The largest absolute Gasteiger partial charge is 0.393 e. The Labute approximate surface area is 103 Å². The first-order valence-electron chi connectivity index (χ1n) is 5.58. The van der Waals surface area contributed by atoms with E-state index >= 15 is 0 Å². The maximum absolute atomic E-state index is 11.8. The van der Waals surface area contributed by atoms with E-state index in [1.165, 1.54) is 0 Å². The van der Waals surface area contributed by atoms with Crippen LogP contribution in [0.25, 0.3) is 0 Å². The lowest BCUT2D eigenvalue weighted by atomic mass is 9.95. The molecule has 0 aliphatic heterocycles. The van der Waals surface area contributed by atoms with Gasteiger partial charge in [0.2, 0.25) is 5.91 Å². The van der Waals surface area contributed by atoms with Crippen LogP contribution < -0.4 is 11.1 Å². The van der Waals surface area contributed by atoms with E-state index in [1.54, 1.807) is 0 Å². The first-order valence-corrected chi connectivity index (χ1v) is 5.99. The van der Waals surface area contributed by atoms with Gasteiger partial charge in [0.05, 0.1) is 17.0 Å². The van der Waals surface area contributed by atoms with Crippen molar-refractivity contribution in [1.82, 2.24) is 5.32 Å². The highest BCUT2D eigenvalue weighted by molar-refractivity contribution is 7.80. The zero-order valence-corrected chi connectivity index (χ0v) is 11.3. The van der Waals surface area contributed by atoms with Gasteiger partial charge in [-0.3, -0.25) is 4.79 Å². The molecule has 0 bridgehead atoms. The van der Waals surface area contributed by atoms with Gasteiger partial charge in [-0.1, -0.05) is 26.1 Å². The van der Waals surface area contributed by atoms with E-state index in [1.807, 2.05) is 27.7 Å². The fraction of sp³-hybridized carbons (Fsp3) is 0.818. The van der Waals surface area contributed by atoms with Crippen LogP contribution in [0, 0.1) is 11.8 Å². The third-order valence-corrected chi connectivity index (χ3v) is 2.52. The van der Waals surface area contributed by atoms with Gasteiger partial charge >= 0.3 is 0 Å². The Kier molecular flexibility index (Phi) is 7.25. The number of carbonyl (C=O) groups is 1. The summed E-state index contributed by atoms with van der Waals surface area (Å²) in [6, 6.07) is 0. The molecule has 0 heterocycles. The van der Waals surface area contributed by atoms with Gasteiger partial charge in [-0.15, -0.1) is 0 Å². The first kappa shape index (κ1) is 15.3. The van der Waals surface area contributed by atoms with Crippen molar-refractivity contribution < 1.29 is 9.53 Å². The summed E-state index contributed by atoms with van der Waals surface area (Å²) in [5, 5.41) is 2.80. The van der Waals surface area contributed by atoms with Crippen molar-refractivity contribution in [3.8, 4) is 0 Å². The van der Waals surface area contributed by atoms with E-state index in [4.69, 9.17) is 22.7 Å². The minimum Gasteiger partial charge on any atom is -0.393 e. The molecule has 0 saturated heterocycles. The predicted octanol–water partition coefficient (Wildman–Crippen LogP) is 1.09. The van der Waals surface area contributed by atoms with Crippen LogP contribution in [0.2, 0.25) is 0 Å². The standard InChI is InChI=1S/C11H22N2O2S/c1-5-15-8(4)6-13-11(14)9(7(2)3)10(12)16/h7-9H,5-6H2,1-4H3,(H2,12,16)(H,13,14). The lowest BCUT2D eigenvalue weighted by Crippen LogP contribution is -2.43. The van der Waals surface area contributed by atoms with Gasteiger partial charge in [0.25, 0.3) is 0 Å². The van der Waals surface area contributed by atoms with Crippen LogP contribution in [-0.2, 0) is 9.53 Å². The third-order valence-electron chi connectivity index (χ3n) is 2.27. The molecule has 0 aromatic carbocycles. The van der Waals surface area contributed by atoms with Crippen molar-refractivity contribution in [3.63, 3.8) is 0 Å². The van der Waals surface area contributed by atoms with Crippen LogP contribution in [0.1, 0.15) is 27.7 Å². The molecule has 0 spiro atoms. The smallest absolute Gasteiger partial charge is 0.230 e. The molecule has 5 heteroatoms. The molecule has 0 aliphatic rings. The molecule has 0 aromatic rings. The Bertz CT molecular complexity index is 244. The molecule has 0 radical (unpaired) electrons. The van der Waals surface area contributed by atoms with Crippen molar-refractivity contribution in [2.75, 3.05) is 13.2 Å². The molecular weight excluding hydrogens is 224 g/mol. The molecule has 94 valence electrons.